The number of carbonyl (C=O) groups excluding carboxylic acids is 1. The lowest BCUT2D eigenvalue weighted by Gasteiger charge is -2.27. The molecule has 5 nitrogen and oxygen atoms in total. The van der Waals surface area contributed by atoms with Crippen LogP contribution < -0.4 is 11.1 Å². The minimum absolute atomic E-state index is 0.00265. The summed E-state index contributed by atoms with van der Waals surface area (Å²) in [5.74, 6) is 0.111. The summed E-state index contributed by atoms with van der Waals surface area (Å²) in [6, 6.07) is 0. The molecule has 3 N–H and O–H groups in total. The van der Waals surface area contributed by atoms with Gasteiger partial charge in [-0.15, -0.1) is 0 Å². The van der Waals surface area contributed by atoms with Gasteiger partial charge in [0.05, 0.1) is 0 Å². The van der Waals surface area contributed by atoms with Crippen LogP contribution in [0.25, 0.3) is 0 Å². The second-order valence-electron chi connectivity index (χ2n) is 4.77. The fourth-order valence-corrected chi connectivity index (χ4v) is 1.55. The Morgan fingerprint density at radius 2 is 1.94 bits per heavy atom. The quantitative estimate of drug-likeness (QED) is 0.672. The van der Waals surface area contributed by atoms with Crippen LogP contribution in [0.1, 0.15) is 41.0 Å². The lowest BCUT2D eigenvalue weighted by Crippen LogP contribution is -2.36. The average Bonchev–Trinajstić information content (AvgIpc) is 2.29. The van der Waals surface area contributed by atoms with E-state index >= 15 is 0 Å². The molecule has 0 fully saturated rings. The molecule has 0 saturated heterocycles. The highest BCUT2D eigenvalue weighted by Gasteiger charge is 2.21. The van der Waals surface area contributed by atoms with E-state index in [0.29, 0.717) is 19.0 Å². The minimum Gasteiger partial charge on any atom is -0.354 e. The SMILES string of the molecule is CC.CC(CN)CC(C)(C)CNC(=O)CN=O. The van der Waals surface area contributed by atoms with Crippen LogP contribution in [0.3, 0.4) is 0 Å². The van der Waals surface area contributed by atoms with Crippen molar-refractivity contribution in [3.8, 4) is 0 Å². The molecule has 0 aliphatic carbocycles. The summed E-state index contributed by atoms with van der Waals surface area (Å²) in [6.07, 6.45) is 0.943. The van der Waals surface area contributed by atoms with Crippen molar-refractivity contribution in [2.75, 3.05) is 19.6 Å². The second-order valence-corrected chi connectivity index (χ2v) is 4.77. The zero-order chi connectivity index (χ0) is 13.9. The standard InChI is InChI=1S/C10H21N3O2.C2H6/c1-8(5-11)4-10(2,3)7-12-9(14)6-13-15;1-2/h8H,4-7,11H2,1-3H3,(H,12,14);1-2H3. The number of amides is 1. The van der Waals surface area contributed by atoms with Gasteiger partial charge < -0.3 is 11.1 Å². The van der Waals surface area contributed by atoms with Crippen molar-refractivity contribution >= 4 is 5.91 Å². The number of nitrogens with one attached hydrogen (secondary N) is 1. The van der Waals surface area contributed by atoms with Crippen molar-refractivity contribution in [1.82, 2.24) is 5.32 Å². The van der Waals surface area contributed by atoms with Crippen LogP contribution in [-0.4, -0.2) is 25.5 Å². The highest BCUT2D eigenvalue weighted by molar-refractivity contribution is 5.78. The molecule has 0 aromatic carbocycles. The van der Waals surface area contributed by atoms with Gasteiger partial charge in [0.1, 0.15) is 0 Å². The molecule has 0 saturated carbocycles. The summed E-state index contributed by atoms with van der Waals surface area (Å²) >= 11 is 0. The van der Waals surface area contributed by atoms with E-state index in [-0.39, 0.29) is 17.9 Å². The van der Waals surface area contributed by atoms with Crippen molar-refractivity contribution in [2.24, 2.45) is 22.2 Å². The predicted octanol–water partition coefficient (Wildman–Crippen LogP) is 1.91. The Morgan fingerprint density at radius 1 is 1.41 bits per heavy atom. The molecule has 5 heteroatoms. The lowest BCUT2D eigenvalue weighted by molar-refractivity contribution is -0.120. The Balaban J connectivity index is 0. The summed E-state index contributed by atoms with van der Waals surface area (Å²) in [6.45, 7) is 11.1. The van der Waals surface area contributed by atoms with Gasteiger partial charge >= 0.3 is 0 Å². The van der Waals surface area contributed by atoms with Crippen LogP contribution >= 0.6 is 0 Å². The van der Waals surface area contributed by atoms with Crippen LogP contribution in [0.5, 0.6) is 0 Å². The van der Waals surface area contributed by atoms with E-state index in [2.05, 4.69) is 31.3 Å². The Hall–Kier alpha value is -0.970. The first kappa shape index (κ1) is 18.4. The Kier molecular flexibility index (Phi) is 11.0. The van der Waals surface area contributed by atoms with Gasteiger partial charge in [0, 0.05) is 6.54 Å². The van der Waals surface area contributed by atoms with Gasteiger partial charge in [-0.25, -0.2) is 0 Å². The number of hydrogen-bond donors (Lipinski definition) is 2. The molecule has 0 aromatic rings. The van der Waals surface area contributed by atoms with Gasteiger partial charge in [-0.05, 0) is 24.3 Å². The molecule has 1 unspecified atom stereocenters. The molecule has 0 bridgehead atoms. The van der Waals surface area contributed by atoms with Gasteiger partial charge in [0.15, 0.2) is 6.54 Å². The first-order chi connectivity index (χ1) is 7.91. The number of nitrogens with two attached hydrogens (primary N) is 1. The van der Waals surface area contributed by atoms with Gasteiger partial charge in [0.25, 0.3) is 0 Å². The zero-order valence-corrected chi connectivity index (χ0v) is 11.7. The van der Waals surface area contributed by atoms with Crippen molar-refractivity contribution in [1.29, 1.82) is 0 Å². The summed E-state index contributed by atoms with van der Waals surface area (Å²) in [5.41, 5.74) is 5.54. The summed E-state index contributed by atoms with van der Waals surface area (Å²) in [7, 11) is 0. The molecule has 102 valence electrons. The predicted molar refractivity (Wildman–Crippen MR) is 71.6 cm³/mol. The minimum atomic E-state index is -0.321. The van der Waals surface area contributed by atoms with Crippen molar-refractivity contribution in [2.45, 2.75) is 41.0 Å². The van der Waals surface area contributed by atoms with Gasteiger partial charge in [0.2, 0.25) is 5.91 Å². The Bertz CT molecular complexity index is 218. The van der Waals surface area contributed by atoms with E-state index in [0.717, 1.165) is 6.42 Å². The van der Waals surface area contributed by atoms with E-state index in [1.165, 1.54) is 0 Å². The highest BCUT2D eigenvalue weighted by atomic mass is 16.3. The van der Waals surface area contributed by atoms with E-state index in [1.807, 2.05) is 13.8 Å². The van der Waals surface area contributed by atoms with Crippen LogP contribution in [0, 0.1) is 16.2 Å². The first-order valence-electron chi connectivity index (χ1n) is 6.17. The van der Waals surface area contributed by atoms with Crippen LogP contribution in [0.4, 0.5) is 0 Å². The van der Waals surface area contributed by atoms with Crippen LogP contribution in [0.15, 0.2) is 5.18 Å². The Labute approximate surface area is 105 Å². The third-order valence-corrected chi connectivity index (χ3v) is 2.28. The van der Waals surface area contributed by atoms with Crippen molar-refractivity contribution in [3.05, 3.63) is 4.91 Å². The lowest BCUT2D eigenvalue weighted by atomic mass is 9.83. The molecule has 0 heterocycles. The molecule has 0 aromatic heterocycles. The topological polar surface area (TPSA) is 84.5 Å². The summed E-state index contributed by atoms with van der Waals surface area (Å²) in [4.78, 5) is 20.9. The number of nitroso groups, excluding NO2 is 1. The molecule has 1 amide bonds. The molecule has 0 aliphatic rings. The van der Waals surface area contributed by atoms with E-state index in [9.17, 15) is 9.70 Å². The molecular formula is C12H27N3O2. The smallest absolute Gasteiger partial charge is 0.245 e. The third-order valence-electron chi connectivity index (χ3n) is 2.28. The molecule has 0 radical (unpaired) electrons. The van der Waals surface area contributed by atoms with Crippen LogP contribution in [0.2, 0.25) is 0 Å². The maximum Gasteiger partial charge on any atom is 0.245 e. The normalized spacial score (nSPS) is 12.1. The molecule has 0 spiro atoms. The Morgan fingerprint density at radius 3 is 2.35 bits per heavy atom. The first-order valence-corrected chi connectivity index (χ1v) is 6.17. The fraction of sp³-hybridized carbons (Fsp3) is 0.917. The molecule has 1 atom stereocenters. The maximum absolute atomic E-state index is 11.0. The fourth-order valence-electron chi connectivity index (χ4n) is 1.55. The van der Waals surface area contributed by atoms with Gasteiger partial charge in [-0.2, -0.15) is 4.91 Å². The van der Waals surface area contributed by atoms with Crippen molar-refractivity contribution < 1.29 is 4.79 Å². The number of nitrogens with zero attached hydrogens (tertiary/aromatic N) is 1. The number of hydrogen-bond acceptors (Lipinski definition) is 4. The van der Waals surface area contributed by atoms with E-state index in [1.54, 1.807) is 0 Å². The number of carbonyl (C=O) groups is 1. The largest absolute Gasteiger partial charge is 0.354 e. The number of rotatable bonds is 7. The summed E-state index contributed by atoms with van der Waals surface area (Å²) in [5, 5.41) is 5.21. The van der Waals surface area contributed by atoms with E-state index in [4.69, 9.17) is 5.73 Å². The van der Waals surface area contributed by atoms with Gasteiger partial charge in [-0.3, -0.25) is 4.79 Å². The van der Waals surface area contributed by atoms with Gasteiger partial charge in [-0.1, -0.05) is 39.8 Å². The second kappa shape index (κ2) is 10.2. The molecular weight excluding hydrogens is 218 g/mol. The highest BCUT2D eigenvalue weighted by Crippen LogP contribution is 2.23. The molecule has 0 rings (SSSR count). The molecule has 17 heavy (non-hydrogen) atoms. The third kappa shape index (κ3) is 11.3. The monoisotopic (exact) mass is 245 g/mol. The zero-order valence-electron chi connectivity index (χ0n) is 11.7. The maximum atomic E-state index is 11.0. The average molecular weight is 245 g/mol. The molecule has 0 aliphatic heterocycles. The van der Waals surface area contributed by atoms with Crippen LogP contribution in [-0.2, 0) is 4.79 Å². The van der Waals surface area contributed by atoms with Crippen molar-refractivity contribution in [3.63, 3.8) is 0 Å². The van der Waals surface area contributed by atoms with E-state index < -0.39 is 0 Å². The summed E-state index contributed by atoms with van der Waals surface area (Å²) < 4.78 is 0.